The molecule has 0 saturated heterocycles. The van der Waals surface area contributed by atoms with Gasteiger partial charge in [-0.05, 0) is 27.2 Å². The first-order chi connectivity index (χ1) is 10.5. The third kappa shape index (κ3) is 7.02. The maximum absolute atomic E-state index is 12.8. The zero-order valence-corrected chi connectivity index (χ0v) is 13.1. The van der Waals surface area contributed by atoms with Gasteiger partial charge in [-0.2, -0.15) is 18.2 Å². The van der Waals surface area contributed by atoms with Gasteiger partial charge in [-0.25, -0.2) is 9.78 Å². The standard InChI is InChI=1S/C13H20F3N5O2/c1-12(2,3)23-11(22)19-6-4-5-18-9-8(13(14,15)16)7-20-10(17)21-9/h7H,4-6H2,1-3H3,(H,19,22)(H3,17,18,20,21). The van der Waals surface area contributed by atoms with Crippen LogP contribution in [0.3, 0.4) is 0 Å². The topological polar surface area (TPSA) is 102 Å². The van der Waals surface area contributed by atoms with Crippen LogP contribution in [0.15, 0.2) is 6.20 Å². The Morgan fingerprint density at radius 3 is 2.52 bits per heavy atom. The Labute approximate surface area is 131 Å². The fraction of sp³-hybridized carbons (Fsp3) is 0.615. The molecule has 1 heterocycles. The van der Waals surface area contributed by atoms with Gasteiger partial charge in [0.05, 0.1) is 0 Å². The van der Waals surface area contributed by atoms with E-state index in [1.807, 2.05) is 0 Å². The highest BCUT2D eigenvalue weighted by Crippen LogP contribution is 2.33. The summed E-state index contributed by atoms with van der Waals surface area (Å²) in [5, 5.41) is 5.04. The van der Waals surface area contributed by atoms with Crippen LogP contribution < -0.4 is 16.4 Å². The van der Waals surface area contributed by atoms with Crippen molar-refractivity contribution in [2.24, 2.45) is 0 Å². The average Bonchev–Trinajstić information content (AvgIpc) is 2.34. The molecule has 1 amide bonds. The molecule has 0 fully saturated rings. The second-order valence-electron chi connectivity index (χ2n) is 5.70. The molecule has 0 aliphatic carbocycles. The van der Waals surface area contributed by atoms with Crippen molar-refractivity contribution in [3.05, 3.63) is 11.8 Å². The Morgan fingerprint density at radius 1 is 1.30 bits per heavy atom. The largest absolute Gasteiger partial charge is 0.444 e. The smallest absolute Gasteiger partial charge is 0.421 e. The summed E-state index contributed by atoms with van der Waals surface area (Å²) in [5.41, 5.74) is 3.69. The number of aromatic nitrogens is 2. The van der Waals surface area contributed by atoms with Gasteiger partial charge in [0, 0.05) is 19.3 Å². The van der Waals surface area contributed by atoms with Crippen molar-refractivity contribution in [1.29, 1.82) is 0 Å². The number of nitrogen functional groups attached to an aromatic ring is 1. The molecule has 0 aromatic carbocycles. The number of amides is 1. The number of nitrogens with zero attached hydrogens (tertiary/aromatic N) is 2. The van der Waals surface area contributed by atoms with Gasteiger partial charge < -0.3 is 21.1 Å². The van der Waals surface area contributed by atoms with Gasteiger partial charge in [-0.15, -0.1) is 0 Å². The Balaban J connectivity index is 2.45. The van der Waals surface area contributed by atoms with Gasteiger partial charge >= 0.3 is 12.3 Å². The van der Waals surface area contributed by atoms with E-state index in [4.69, 9.17) is 10.5 Å². The molecule has 0 aliphatic heterocycles. The van der Waals surface area contributed by atoms with Gasteiger partial charge in [0.1, 0.15) is 17.0 Å². The molecule has 1 rings (SSSR count). The fourth-order valence-electron chi connectivity index (χ4n) is 1.54. The highest BCUT2D eigenvalue weighted by Gasteiger charge is 2.35. The lowest BCUT2D eigenvalue weighted by molar-refractivity contribution is -0.137. The Kier molecular flexibility index (Phi) is 5.99. The normalized spacial score (nSPS) is 11.9. The van der Waals surface area contributed by atoms with Crippen molar-refractivity contribution in [1.82, 2.24) is 15.3 Å². The van der Waals surface area contributed by atoms with Crippen molar-refractivity contribution < 1.29 is 22.7 Å². The highest BCUT2D eigenvalue weighted by molar-refractivity contribution is 5.67. The highest BCUT2D eigenvalue weighted by atomic mass is 19.4. The molecule has 0 radical (unpaired) electrons. The number of alkyl carbamates (subject to hydrolysis) is 1. The number of halogens is 3. The molecule has 23 heavy (non-hydrogen) atoms. The van der Waals surface area contributed by atoms with Gasteiger partial charge in [0.15, 0.2) is 0 Å². The summed E-state index contributed by atoms with van der Waals surface area (Å²) < 4.78 is 43.4. The first-order valence-electron chi connectivity index (χ1n) is 6.89. The maximum atomic E-state index is 12.8. The third-order valence-electron chi connectivity index (χ3n) is 2.43. The van der Waals surface area contributed by atoms with Gasteiger partial charge in [-0.3, -0.25) is 0 Å². The van der Waals surface area contributed by atoms with E-state index in [-0.39, 0.29) is 24.9 Å². The molecule has 0 aliphatic rings. The number of carbonyl (C=O) groups is 1. The molecule has 0 bridgehead atoms. The summed E-state index contributed by atoms with van der Waals surface area (Å²) in [6.45, 7) is 5.59. The minimum Gasteiger partial charge on any atom is -0.444 e. The quantitative estimate of drug-likeness (QED) is 0.714. The Morgan fingerprint density at radius 2 is 1.96 bits per heavy atom. The fourth-order valence-corrected chi connectivity index (χ4v) is 1.54. The second kappa shape index (κ2) is 7.34. The van der Waals surface area contributed by atoms with Gasteiger partial charge in [0.2, 0.25) is 5.95 Å². The van der Waals surface area contributed by atoms with Crippen LogP contribution in [-0.2, 0) is 10.9 Å². The van der Waals surface area contributed by atoms with E-state index in [0.717, 1.165) is 0 Å². The van der Waals surface area contributed by atoms with Gasteiger partial charge in [-0.1, -0.05) is 0 Å². The molecule has 1 aromatic rings. The van der Waals surface area contributed by atoms with Crippen LogP contribution in [0, 0.1) is 0 Å². The Hall–Kier alpha value is -2.26. The van der Waals surface area contributed by atoms with E-state index >= 15 is 0 Å². The molecule has 10 heteroatoms. The van der Waals surface area contributed by atoms with Crippen LogP contribution in [0.1, 0.15) is 32.8 Å². The predicted molar refractivity (Wildman–Crippen MR) is 78.8 cm³/mol. The zero-order chi connectivity index (χ0) is 17.7. The first kappa shape index (κ1) is 18.8. The van der Waals surface area contributed by atoms with Crippen LogP contribution in [0.4, 0.5) is 29.7 Å². The van der Waals surface area contributed by atoms with Crippen LogP contribution in [0.25, 0.3) is 0 Å². The number of hydrogen-bond donors (Lipinski definition) is 3. The van der Waals surface area contributed by atoms with Crippen molar-refractivity contribution in [2.75, 3.05) is 24.1 Å². The van der Waals surface area contributed by atoms with E-state index in [1.54, 1.807) is 20.8 Å². The minimum atomic E-state index is -4.58. The van der Waals surface area contributed by atoms with Crippen LogP contribution in [0.2, 0.25) is 0 Å². The second-order valence-corrected chi connectivity index (χ2v) is 5.70. The first-order valence-corrected chi connectivity index (χ1v) is 6.89. The van der Waals surface area contributed by atoms with Crippen LogP contribution in [-0.4, -0.2) is 34.8 Å². The summed E-state index contributed by atoms with van der Waals surface area (Å²) in [6, 6.07) is 0. The maximum Gasteiger partial charge on any atom is 0.421 e. The summed E-state index contributed by atoms with van der Waals surface area (Å²) in [4.78, 5) is 18.3. The van der Waals surface area contributed by atoms with E-state index in [9.17, 15) is 18.0 Å². The van der Waals surface area contributed by atoms with E-state index in [2.05, 4.69) is 20.6 Å². The molecule has 4 N–H and O–H groups in total. The lowest BCUT2D eigenvalue weighted by Gasteiger charge is -2.19. The molecule has 0 saturated carbocycles. The van der Waals surface area contributed by atoms with Crippen molar-refractivity contribution in [3.63, 3.8) is 0 Å². The molecule has 1 aromatic heterocycles. The number of ether oxygens (including phenoxy) is 1. The van der Waals surface area contributed by atoms with Crippen LogP contribution >= 0.6 is 0 Å². The van der Waals surface area contributed by atoms with Gasteiger partial charge in [0.25, 0.3) is 0 Å². The molecule has 0 atom stereocenters. The summed E-state index contributed by atoms with van der Waals surface area (Å²) in [7, 11) is 0. The number of hydrogen-bond acceptors (Lipinski definition) is 6. The summed E-state index contributed by atoms with van der Waals surface area (Å²) in [5.74, 6) is -0.644. The number of nitrogens with two attached hydrogens (primary N) is 1. The van der Waals surface area contributed by atoms with Crippen molar-refractivity contribution >= 4 is 17.9 Å². The van der Waals surface area contributed by atoms with E-state index < -0.39 is 23.4 Å². The Bertz CT molecular complexity index is 543. The molecule has 0 unspecified atom stereocenters. The van der Waals surface area contributed by atoms with Crippen molar-refractivity contribution in [2.45, 2.75) is 39.0 Å². The molecule has 0 spiro atoms. The zero-order valence-electron chi connectivity index (χ0n) is 13.1. The number of carbonyl (C=O) groups excluding carboxylic acids is 1. The SMILES string of the molecule is CC(C)(C)OC(=O)NCCCNc1nc(N)ncc1C(F)(F)F. The van der Waals surface area contributed by atoms with E-state index in [0.29, 0.717) is 12.6 Å². The van der Waals surface area contributed by atoms with E-state index in [1.165, 1.54) is 0 Å². The number of nitrogens with one attached hydrogen (secondary N) is 2. The molecule has 130 valence electrons. The summed E-state index contributed by atoms with van der Waals surface area (Å²) in [6.07, 6.45) is -4.16. The average molecular weight is 335 g/mol. The van der Waals surface area contributed by atoms with Crippen LogP contribution in [0.5, 0.6) is 0 Å². The van der Waals surface area contributed by atoms with Crippen molar-refractivity contribution in [3.8, 4) is 0 Å². The lowest BCUT2D eigenvalue weighted by atomic mass is 10.2. The third-order valence-corrected chi connectivity index (χ3v) is 2.43. The number of anilines is 2. The molecular weight excluding hydrogens is 315 g/mol. The molecular formula is C13H20F3N5O2. The predicted octanol–water partition coefficient (Wildman–Crippen LogP) is 2.40. The number of alkyl halides is 3. The monoisotopic (exact) mass is 335 g/mol. The number of rotatable bonds is 5. The summed E-state index contributed by atoms with van der Waals surface area (Å²) >= 11 is 0. The lowest BCUT2D eigenvalue weighted by Crippen LogP contribution is -2.33. The minimum absolute atomic E-state index is 0.162. The molecule has 7 nitrogen and oxygen atoms in total.